The predicted octanol–water partition coefficient (Wildman–Crippen LogP) is 2.71. The Balaban J connectivity index is 1.93. The quantitative estimate of drug-likeness (QED) is 0.468. The molecule has 0 atom stereocenters. The van der Waals surface area contributed by atoms with Gasteiger partial charge in [0.25, 0.3) is 11.3 Å². The van der Waals surface area contributed by atoms with Gasteiger partial charge in [-0.3, -0.25) is 9.36 Å². The van der Waals surface area contributed by atoms with Gasteiger partial charge in [-0.25, -0.2) is 9.97 Å². The minimum Gasteiger partial charge on any atom is -0.497 e. The van der Waals surface area contributed by atoms with E-state index in [0.29, 0.717) is 51.3 Å². The van der Waals surface area contributed by atoms with E-state index in [1.807, 2.05) is 31.2 Å². The molecule has 0 aliphatic heterocycles. The highest BCUT2D eigenvalue weighted by Crippen LogP contribution is 2.27. The molecule has 144 valence electrons. The first-order valence-corrected chi connectivity index (χ1v) is 8.91. The molecule has 0 fully saturated rings. The van der Waals surface area contributed by atoms with Gasteiger partial charge in [-0.1, -0.05) is 6.07 Å². The molecule has 29 heavy (non-hydrogen) atoms. The first kappa shape index (κ1) is 17.1. The van der Waals surface area contributed by atoms with E-state index in [9.17, 15) is 4.79 Å². The monoisotopic (exact) mass is 388 g/mol. The lowest BCUT2D eigenvalue weighted by Gasteiger charge is -2.13. The topological polar surface area (TPSA) is 100 Å². The summed E-state index contributed by atoms with van der Waals surface area (Å²) in [5.74, 6) is 2.66. The smallest absolute Gasteiger partial charge is 0.269 e. The Morgan fingerprint density at radius 1 is 1.10 bits per heavy atom. The summed E-state index contributed by atoms with van der Waals surface area (Å²) in [5, 5.41) is 4.48. The second kappa shape index (κ2) is 6.26. The molecule has 0 bridgehead atoms. The van der Waals surface area contributed by atoms with E-state index in [1.54, 1.807) is 26.2 Å². The molecular weight excluding hydrogens is 372 g/mol. The molecule has 1 aromatic carbocycles. The number of furan rings is 1. The highest BCUT2D eigenvalue weighted by Gasteiger charge is 2.21. The Morgan fingerprint density at radius 2 is 1.97 bits per heavy atom. The molecule has 0 amide bonds. The Labute approximate surface area is 164 Å². The van der Waals surface area contributed by atoms with Gasteiger partial charge in [0.05, 0.1) is 12.8 Å². The maximum atomic E-state index is 13.7. The second-order valence-electron chi connectivity index (χ2n) is 6.54. The third kappa shape index (κ3) is 2.59. The van der Waals surface area contributed by atoms with E-state index >= 15 is 0 Å². The molecule has 4 aromatic heterocycles. The minimum atomic E-state index is -0.283. The van der Waals surface area contributed by atoms with Gasteiger partial charge in [0.15, 0.2) is 11.4 Å². The number of benzene rings is 1. The van der Waals surface area contributed by atoms with Crippen LogP contribution in [-0.4, -0.2) is 36.2 Å². The molecule has 4 heterocycles. The number of fused-ring (bicyclic) bond motifs is 3. The van der Waals surface area contributed by atoms with E-state index in [-0.39, 0.29) is 5.56 Å². The number of rotatable bonds is 3. The van der Waals surface area contributed by atoms with Crippen molar-refractivity contribution in [2.75, 3.05) is 7.11 Å². The number of hydrogen-bond donors (Lipinski definition) is 0. The number of hydrogen-bond acceptors (Lipinski definition) is 7. The van der Waals surface area contributed by atoms with Gasteiger partial charge in [0.1, 0.15) is 34.7 Å². The number of ether oxygens (including phenoxy) is 1. The van der Waals surface area contributed by atoms with Crippen LogP contribution in [-0.2, 0) is 0 Å². The molecule has 0 unspecified atom stereocenters. The number of methoxy groups -OCH3 is 1. The Hall–Kier alpha value is -4.01. The standard InChI is InChI=1S/C20H16N6O3/c1-11-7-8-15(29-11)17-16-18(26-20(24-17)21-10-22-26)23-12(2)25(19(16)27)13-5-4-6-14(9-13)28-3/h4-10H,1-3H3. The van der Waals surface area contributed by atoms with Crippen LogP contribution in [0.2, 0.25) is 0 Å². The molecule has 0 N–H and O–H groups in total. The van der Waals surface area contributed by atoms with Gasteiger partial charge in [-0.05, 0) is 38.1 Å². The van der Waals surface area contributed by atoms with Crippen molar-refractivity contribution in [1.29, 1.82) is 0 Å². The molecular formula is C20H16N6O3. The van der Waals surface area contributed by atoms with E-state index in [4.69, 9.17) is 9.15 Å². The van der Waals surface area contributed by atoms with Crippen molar-refractivity contribution in [3.8, 4) is 22.9 Å². The summed E-state index contributed by atoms with van der Waals surface area (Å²) in [4.78, 5) is 27.0. The van der Waals surface area contributed by atoms with Crippen molar-refractivity contribution in [3.63, 3.8) is 0 Å². The molecule has 9 nitrogen and oxygen atoms in total. The fourth-order valence-electron chi connectivity index (χ4n) is 3.38. The van der Waals surface area contributed by atoms with E-state index in [0.717, 1.165) is 0 Å². The van der Waals surface area contributed by atoms with Crippen LogP contribution < -0.4 is 10.3 Å². The Morgan fingerprint density at radius 3 is 2.72 bits per heavy atom. The number of nitrogens with zero attached hydrogens (tertiary/aromatic N) is 6. The lowest BCUT2D eigenvalue weighted by molar-refractivity contribution is 0.414. The fourth-order valence-corrected chi connectivity index (χ4v) is 3.38. The predicted molar refractivity (Wildman–Crippen MR) is 105 cm³/mol. The van der Waals surface area contributed by atoms with Crippen LogP contribution in [0.5, 0.6) is 5.75 Å². The summed E-state index contributed by atoms with van der Waals surface area (Å²) >= 11 is 0. The van der Waals surface area contributed by atoms with Crippen molar-refractivity contribution in [2.45, 2.75) is 13.8 Å². The molecule has 0 saturated heterocycles. The van der Waals surface area contributed by atoms with Crippen LogP contribution in [0.15, 0.2) is 51.9 Å². The van der Waals surface area contributed by atoms with Crippen LogP contribution in [0, 0.1) is 13.8 Å². The van der Waals surface area contributed by atoms with Gasteiger partial charge in [-0.2, -0.15) is 14.6 Å². The van der Waals surface area contributed by atoms with Crippen LogP contribution >= 0.6 is 0 Å². The van der Waals surface area contributed by atoms with Gasteiger partial charge in [0.2, 0.25) is 0 Å². The number of aromatic nitrogens is 6. The van der Waals surface area contributed by atoms with E-state index in [2.05, 4.69) is 20.1 Å². The SMILES string of the molecule is COc1cccc(-n2c(C)nc3c(c(-c4ccc(C)o4)nc4ncnn43)c2=O)c1. The summed E-state index contributed by atoms with van der Waals surface area (Å²) in [7, 11) is 1.58. The zero-order chi connectivity index (χ0) is 20.1. The average Bonchev–Trinajstić information content (AvgIpc) is 3.36. The summed E-state index contributed by atoms with van der Waals surface area (Å²) in [6.45, 7) is 3.60. The van der Waals surface area contributed by atoms with Crippen LogP contribution in [0.4, 0.5) is 0 Å². The number of aryl methyl sites for hydroxylation is 2. The van der Waals surface area contributed by atoms with E-state index < -0.39 is 0 Å². The zero-order valence-corrected chi connectivity index (χ0v) is 15.9. The van der Waals surface area contributed by atoms with Crippen molar-refractivity contribution < 1.29 is 9.15 Å². The molecule has 0 radical (unpaired) electrons. The first-order chi connectivity index (χ1) is 14.1. The lowest BCUT2D eigenvalue weighted by Crippen LogP contribution is -2.24. The molecule has 0 aliphatic rings. The minimum absolute atomic E-state index is 0.283. The Bertz CT molecular complexity index is 1450. The first-order valence-electron chi connectivity index (χ1n) is 8.91. The maximum Gasteiger partial charge on any atom is 0.269 e. The molecule has 0 aliphatic carbocycles. The fraction of sp³-hybridized carbons (Fsp3) is 0.150. The Kier molecular flexibility index (Phi) is 3.70. The van der Waals surface area contributed by atoms with Crippen LogP contribution in [0.1, 0.15) is 11.6 Å². The summed E-state index contributed by atoms with van der Waals surface area (Å²) in [6.07, 6.45) is 1.38. The normalized spacial score (nSPS) is 11.4. The summed E-state index contributed by atoms with van der Waals surface area (Å²) < 4.78 is 14.0. The molecule has 0 saturated carbocycles. The summed E-state index contributed by atoms with van der Waals surface area (Å²) in [6, 6.07) is 10.8. The molecule has 0 spiro atoms. The van der Waals surface area contributed by atoms with Crippen molar-refractivity contribution >= 4 is 16.8 Å². The van der Waals surface area contributed by atoms with Gasteiger partial charge >= 0.3 is 0 Å². The summed E-state index contributed by atoms with van der Waals surface area (Å²) in [5.41, 5.74) is 1.11. The second-order valence-corrected chi connectivity index (χ2v) is 6.54. The van der Waals surface area contributed by atoms with Crippen molar-refractivity contribution in [3.05, 3.63) is 64.7 Å². The lowest BCUT2D eigenvalue weighted by atomic mass is 10.2. The third-order valence-electron chi connectivity index (χ3n) is 4.70. The largest absolute Gasteiger partial charge is 0.497 e. The molecule has 9 heteroatoms. The highest BCUT2D eigenvalue weighted by molar-refractivity contribution is 5.90. The van der Waals surface area contributed by atoms with Crippen molar-refractivity contribution in [2.24, 2.45) is 0 Å². The third-order valence-corrected chi connectivity index (χ3v) is 4.70. The van der Waals surface area contributed by atoms with E-state index in [1.165, 1.54) is 15.4 Å². The van der Waals surface area contributed by atoms with Gasteiger partial charge in [-0.15, -0.1) is 0 Å². The average molecular weight is 388 g/mol. The van der Waals surface area contributed by atoms with Crippen LogP contribution in [0.25, 0.3) is 34.0 Å². The van der Waals surface area contributed by atoms with Gasteiger partial charge < -0.3 is 9.15 Å². The maximum absolute atomic E-state index is 13.7. The molecule has 5 aromatic rings. The van der Waals surface area contributed by atoms with Crippen LogP contribution in [0.3, 0.4) is 0 Å². The van der Waals surface area contributed by atoms with Gasteiger partial charge in [0, 0.05) is 6.07 Å². The molecule has 5 rings (SSSR count). The zero-order valence-electron chi connectivity index (χ0n) is 15.9. The van der Waals surface area contributed by atoms with Crippen molar-refractivity contribution in [1.82, 2.24) is 29.1 Å². The highest BCUT2D eigenvalue weighted by atomic mass is 16.5.